The average Bonchev–Trinajstić information content (AvgIpc) is 2.97. The fraction of sp³-hybridized carbons (Fsp3) is 0.440. The second-order valence-corrected chi connectivity index (χ2v) is 11.4. The Morgan fingerprint density at radius 1 is 1.03 bits per heavy atom. The van der Waals surface area contributed by atoms with Crippen molar-refractivity contribution < 1.29 is 41.0 Å². The lowest BCUT2D eigenvalue weighted by Gasteiger charge is -2.31. The van der Waals surface area contributed by atoms with Crippen LogP contribution in [0, 0.1) is 5.41 Å². The van der Waals surface area contributed by atoms with Crippen molar-refractivity contribution >= 4 is 21.7 Å². The number of halogens is 3. The third kappa shape index (κ3) is 8.27. The van der Waals surface area contributed by atoms with Gasteiger partial charge in [0.05, 0.1) is 18.1 Å². The molecule has 1 unspecified atom stereocenters. The Hall–Kier alpha value is -2.96. The van der Waals surface area contributed by atoms with Gasteiger partial charge in [-0.3, -0.25) is 9.69 Å². The number of alkyl halides is 3. The summed E-state index contributed by atoms with van der Waals surface area (Å²) in [5, 5.41) is 7.12. The summed E-state index contributed by atoms with van der Waals surface area (Å²) in [5.41, 5.74) is 2.00. The van der Waals surface area contributed by atoms with E-state index >= 15 is 0 Å². The highest BCUT2D eigenvalue weighted by Crippen LogP contribution is 2.35. The molecule has 2 aromatic rings. The van der Waals surface area contributed by atoms with Gasteiger partial charge in [0.25, 0.3) is 0 Å². The molecule has 1 amide bonds. The van der Waals surface area contributed by atoms with Gasteiger partial charge in [-0.05, 0) is 23.3 Å². The number of aliphatic carboxylic acids is 1. The van der Waals surface area contributed by atoms with E-state index in [4.69, 9.17) is 14.6 Å². The molecule has 0 radical (unpaired) electrons. The highest BCUT2D eigenvalue weighted by molar-refractivity contribution is 7.90. The molecule has 0 saturated carbocycles. The van der Waals surface area contributed by atoms with Gasteiger partial charge in [-0.25, -0.2) is 13.2 Å². The molecule has 0 aromatic heterocycles. The van der Waals surface area contributed by atoms with Crippen LogP contribution in [0.5, 0.6) is 0 Å². The Labute approximate surface area is 213 Å². The van der Waals surface area contributed by atoms with Crippen LogP contribution in [-0.4, -0.2) is 80.5 Å². The monoisotopic (exact) mass is 542 g/mol. The molecule has 2 fully saturated rings. The maximum Gasteiger partial charge on any atom is 0.490 e. The molecule has 1 atom stereocenters. The van der Waals surface area contributed by atoms with E-state index in [9.17, 15) is 26.4 Å². The zero-order valence-electron chi connectivity index (χ0n) is 20.3. The number of hydrogen-bond acceptors (Lipinski definition) is 6. The number of carboxylic acids is 1. The summed E-state index contributed by atoms with van der Waals surface area (Å²) in [5.74, 6) is -2.57. The van der Waals surface area contributed by atoms with E-state index in [1.165, 1.54) is 6.26 Å². The van der Waals surface area contributed by atoms with Gasteiger partial charge in [0.1, 0.15) is 0 Å². The average molecular weight is 543 g/mol. The van der Waals surface area contributed by atoms with Crippen molar-refractivity contribution in [2.45, 2.75) is 30.6 Å². The highest BCUT2D eigenvalue weighted by Gasteiger charge is 2.45. The Kier molecular flexibility index (Phi) is 8.98. The fourth-order valence-electron chi connectivity index (χ4n) is 4.45. The molecule has 1 spiro atoms. The van der Waals surface area contributed by atoms with Crippen LogP contribution in [0.3, 0.4) is 0 Å². The van der Waals surface area contributed by atoms with Gasteiger partial charge in [0.15, 0.2) is 9.84 Å². The summed E-state index contributed by atoms with van der Waals surface area (Å²) < 4.78 is 61.0. The van der Waals surface area contributed by atoms with Gasteiger partial charge in [-0.15, -0.1) is 0 Å². The number of amides is 1. The van der Waals surface area contributed by atoms with Gasteiger partial charge in [0.2, 0.25) is 5.91 Å². The summed E-state index contributed by atoms with van der Waals surface area (Å²) in [6, 6.07) is 17.1. The Balaban J connectivity index is 0.000000479. The van der Waals surface area contributed by atoms with Crippen molar-refractivity contribution in [3.63, 3.8) is 0 Å². The normalized spacial score (nSPS) is 20.9. The van der Waals surface area contributed by atoms with Crippen molar-refractivity contribution in [3.8, 4) is 0 Å². The van der Waals surface area contributed by atoms with E-state index in [1.54, 1.807) is 12.1 Å². The molecule has 2 aliphatic heterocycles. The van der Waals surface area contributed by atoms with E-state index < -0.39 is 22.0 Å². The minimum absolute atomic E-state index is 0.182. The predicted octanol–water partition coefficient (Wildman–Crippen LogP) is 2.97. The standard InChI is InChI=1S/C23H28N2O4S.C2HF3O2/c1-30(27,28)21-9-7-20(8-10-21)14-24-11-12-29-18-23(16-24)13-22(26)25(17-23)15-19-5-3-2-4-6-19;3-2(4,5)1(6)7/h2-10H,11-18H2,1H3;(H,6,7). The number of sulfone groups is 1. The number of carbonyl (C=O) groups is 2. The summed E-state index contributed by atoms with van der Waals surface area (Å²) in [7, 11) is -3.19. The first kappa shape index (κ1) is 28.6. The SMILES string of the molecule is CS(=O)(=O)c1ccc(CN2CCOCC3(CC(=O)N(Cc4ccccc4)C3)C2)cc1.O=C(O)C(F)(F)F. The zero-order chi connectivity index (χ0) is 27.3. The van der Waals surface area contributed by atoms with E-state index in [0.717, 1.165) is 24.2 Å². The summed E-state index contributed by atoms with van der Waals surface area (Å²) in [4.78, 5) is 26.3. The van der Waals surface area contributed by atoms with Crippen LogP contribution in [0.2, 0.25) is 0 Å². The Morgan fingerprint density at radius 3 is 2.19 bits per heavy atom. The number of rotatable bonds is 5. The highest BCUT2D eigenvalue weighted by atomic mass is 32.2. The molecular weight excluding hydrogens is 513 g/mol. The maximum atomic E-state index is 12.8. The number of carbonyl (C=O) groups excluding carboxylic acids is 1. The first-order chi connectivity index (χ1) is 17.3. The minimum Gasteiger partial charge on any atom is -0.475 e. The lowest BCUT2D eigenvalue weighted by molar-refractivity contribution is -0.192. The fourth-order valence-corrected chi connectivity index (χ4v) is 5.08. The molecular formula is C25H29F3N2O6S. The van der Waals surface area contributed by atoms with Gasteiger partial charge in [-0.2, -0.15) is 13.2 Å². The van der Waals surface area contributed by atoms with E-state index in [0.29, 0.717) is 44.2 Å². The quantitative estimate of drug-likeness (QED) is 0.620. The van der Waals surface area contributed by atoms with Crippen LogP contribution in [0.25, 0.3) is 0 Å². The molecule has 0 aliphatic carbocycles. The Morgan fingerprint density at radius 2 is 1.62 bits per heavy atom. The van der Waals surface area contributed by atoms with Crippen LogP contribution in [-0.2, 0) is 37.3 Å². The molecule has 2 heterocycles. The van der Waals surface area contributed by atoms with E-state index in [-0.39, 0.29) is 11.3 Å². The summed E-state index contributed by atoms with van der Waals surface area (Å²) in [6.07, 6.45) is -3.36. The molecule has 0 bridgehead atoms. The topological polar surface area (TPSA) is 104 Å². The van der Waals surface area contributed by atoms with Crippen molar-refractivity contribution in [2.24, 2.45) is 5.41 Å². The first-order valence-corrected chi connectivity index (χ1v) is 13.4. The lowest BCUT2D eigenvalue weighted by Crippen LogP contribution is -2.40. The third-order valence-corrected chi connectivity index (χ3v) is 7.27. The molecule has 37 heavy (non-hydrogen) atoms. The lowest BCUT2D eigenvalue weighted by atomic mass is 9.87. The largest absolute Gasteiger partial charge is 0.490 e. The van der Waals surface area contributed by atoms with Gasteiger partial charge >= 0.3 is 12.1 Å². The summed E-state index contributed by atoms with van der Waals surface area (Å²) in [6.45, 7) is 4.85. The van der Waals surface area contributed by atoms with Crippen LogP contribution in [0.4, 0.5) is 13.2 Å². The van der Waals surface area contributed by atoms with Crippen molar-refractivity contribution in [2.75, 3.05) is 39.1 Å². The zero-order valence-corrected chi connectivity index (χ0v) is 21.1. The molecule has 2 saturated heterocycles. The maximum absolute atomic E-state index is 12.8. The van der Waals surface area contributed by atoms with Crippen LogP contribution < -0.4 is 0 Å². The molecule has 8 nitrogen and oxygen atoms in total. The van der Waals surface area contributed by atoms with Crippen LogP contribution in [0.1, 0.15) is 17.5 Å². The number of benzene rings is 2. The predicted molar refractivity (Wildman–Crippen MR) is 128 cm³/mol. The second-order valence-electron chi connectivity index (χ2n) is 9.39. The molecule has 202 valence electrons. The number of hydrogen-bond donors (Lipinski definition) is 1. The number of nitrogens with zero attached hydrogens (tertiary/aromatic N) is 2. The smallest absolute Gasteiger partial charge is 0.475 e. The van der Waals surface area contributed by atoms with Gasteiger partial charge < -0.3 is 14.7 Å². The first-order valence-electron chi connectivity index (χ1n) is 11.5. The molecule has 4 rings (SSSR count). The molecule has 12 heteroatoms. The number of likely N-dealkylation sites (tertiary alicyclic amines) is 1. The molecule has 1 N–H and O–H groups in total. The third-order valence-electron chi connectivity index (χ3n) is 6.14. The van der Waals surface area contributed by atoms with E-state index in [1.807, 2.05) is 47.4 Å². The van der Waals surface area contributed by atoms with Crippen LogP contribution in [0.15, 0.2) is 59.5 Å². The van der Waals surface area contributed by atoms with Crippen molar-refractivity contribution in [3.05, 3.63) is 65.7 Å². The second kappa shape index (κ2) is 11.6. The van der Waals surface area contributed by atoms with Crippen LogP contribution >= 0.6 is 0 Å². The number of ether oxygens (including phenoxy) is 1. The molecule has 2 aromatic carbocycles. The minimum atomic E-state index is -5.08. The van der Waals surface area contributed by atoms with Crippen molar-refractivity contribution in [1.29, 1.82) is 0 Å². The molecule has 2 aliphatic rings. The number of carboxylic acid groups (broad SMARTS) is 1. The van der Waals surface area contributed by atoms with Gasteiger partial charge in [-0.1, -0.05) is 42.5 Å². The van der Waals surface area contributed by atoms with Gasteiger partial charge in [0, 0.05) is 50.8 Å². The Bertz CT molecular complexity index is 1190. The summed E-state index contributed by atoms with van der Waals surface area (Å²) >= 11 is 0. The van der Waals surface area contributed by atoms with Crippen molar-refractivity contribution in [1.82, 2.24) is 9.80 Å². The van der Waals surface area contributed by atoms with E-state index in [2.05, 4.69) is 4.90 Å².